The SMILES string of the molecule is CCCCCCCCCCCCCC1CCC(C2CCC(c3ccc(Oc4ccc(N)cc4)cc3)(c3ccc(Oc4ccc(N)cc4)cc3)CC2)CC1. The van der Waals surface area contributed by atoms with Gasteiger partial charge < -0.3 is 20.9 Å². The van der Waals surface area contributed by atoms with Crippen molar-refractivity contribution < 1.29 is 9.47 Å². The molecule has 4 heteroatoms. The molecule has 0 unspecified atom stereocenters. The molecule has 0 aromatic heterocycles. The quantitative estimate of drug-likeness (QED) is 0.0749. The molecule has 0 heterocycles. The van der Waals surface area contributed by atoms with Gasteiger partial charge in [0, 0.05) is 16.8 Å². The van der Waals surface area contributed by atoms with Crippen LogP contribution in [0.4, 0.5) is 11.4 Å². The summed E-state index contributed by atoms with van der Waals surface area (Å²) in [4.78, 5) is 0. The molecule has 2 aliphatic rings. The lowest BCUT2D eigenvalue weighted by atomic mass is 9.60. The third kappa shape index (κ3) is 11.3. The van der Waals surface area contributed by atoms with Crippen LogP contribution in [0.2, 0.25) is 0 Å². The largest absolute Gasteiger partial charge is 0.457 e. The average Bonchev–Trinajstić information content (AvgIpc) is 3.20. The lowest BCUT2D eigenvalue weighted by Gasteiger charge is -2.44. The summed E-state index contributed by atoms with van der Waals surface area (Å²) in [6.45, 7) is 2.30. The zero-order valence-electron chi connectivity index (χ0n) is 32.6. The third-order valence-corrected chi connectivity index (χ3v) is 12.7. The van der Waals surface area contributed by atoms with Crippen LogP contribution in [0.3, 0.4) is 0 Å². The van der Waals surface area contributed by atoms with E-state index in [4.69, 9.17) is 20.9 Å². The second-order valence-electron chi connectivity index (χ2n) is 16.4. The molecule has 0 aliphatic heterocycles. The van der Waals surface area contributed by atoms with Gasteiger partial charge in [0.15, 0.2) is 0 Å². The number of nitrogen functional groups attached to an aromatic ring is 2. The Hall–Kier alpha value is -3.92. The minimum absolute atomic E-state index is 0.0256. The first-order valence-corrected chi connectivity index (χ1v) is 21.3. The normalized spacial score (nSPS) is 18.8. The molecule has 53 heavy (non-hydrogen) atoms. The molecular formula is C49H66N2O2. The molecule has 0 saturated heterocycles. The molecule has 0 spiro atoms. The van der Waals surface area contributed by atoms with Crippen LogP contribution in [0.25, 0.3) is 0 Å². The Morgan fingerprint density at radius 2 is 0.811 bits per heavy atom. The summed E-state index contributed by atoms with van der Waals surface area (Å²) in [7, 11) is 0. The van der Waals surface area contributed by atoms with Gasteiger partial charge in [-0.1, -0.05) is 121 Å². The maximum atomic E-state index is 6.18. The molecule has 4 N–H and O–H groups in total. The van der Waals surface area contributed by atoms with Gasteiger partial charge in [0.05, 0.1) is 0 Å². The smallest absolute Gasteiger partial charge is 0.127 e. The molecule has 4 nitrogen and oxygen atoms in total. The van der Waals surface area contributed by atoms with Gasteiger partial charge in [-0.3, -0.25) is 0 Å². The molecule has 0 atom stereocenters. The van der Waals surface area contributed by atoms with E-state index < -0.39 is 0 Å². The van der Waals surface area contributed by atoms with Crippen LogP contribution in [0.1, 0.15) is 146 Å². The number of unbranched alkanes of at least 4 members (excludes halogenated alkanes) is 10. The van der Waals surface area contributed by atoms with Gasteiger partial charge in [-0.05, 0) is 140 Å². The van der Waals surface area contributed by atoms with Crippen molar-refractivity contribution >= 4 is 11.4 Å². The first-order valence-electron chi connectivity index (χ1n) is 21.3. The van der Waals surface area contributed by atoms with E-state index in [1.165, 1.54) is 140 Å². The van der Waals surface area contributed by atoms with Crippen LogP contribution in [0.15, 0.2) is 97.1 Å². The lowest BCUT2D eigenvalue weighted by Crippen LogP contribution is -2.35. The Bertz CT molecular complexity index is 1500. The van der Waals surface area contributed by atoms with Crippen molar-refractivity contribution in [3.05, 3.63) is 108 Å². The van der Waals surface area contributed by atoms with Crippen molar-refractivity contribution in [2.24, 2.45) is 17.8 Å². The van der Waals surface area contributed by atoms with Crippen LogP contribution in [-0.2, 0) is 5.41 Å². The highest BCUT2D eigenvalue weighted by Gasteiger charge is 2.41. The summed E-state index contributed by atoms with van der Waals surface area (Å²) in [5.41, 5.74) is 16.0. The summed E-state index contributed by atoms with van der Waals surface area (Å²) in [6, 6.07) is 32.9. The number of hydrogen-bond acceptors (Lipinski definition) is 4. The van der Waals surface area contributed by atoms with Gasteiger partial charge in [-0.2, -0.15) is 0 Å². The van der Waals surface area contributed by atoms with Crippen LogP contribution < -0.4 is 20.9 Å². The minimum Gasteiger partial charge on any atom is -0.457 e. The van der Waals surface area contributed by atoms with Gasteiger partial charge in [0.1, 0.15) is 23.0 Å². The Labute approximate surface area is 321 Å². The van der Waals surface area contributed by atoms with Crippen molar-refractivity contribution in [3.8, 4) is 23.0 Å². The highest BCUT2D eigenvalue weighted by atomic mass is 16.5. The average molecular weight is 715 g/mol. The number of nitrogens with two attached hydrogens (primary N) is 2. The Morgan fingerprint density at radius 3 is 1.23 bits per heavy atom. The number of rotatable bonds is 19. The van der Waals surface area contributed by atoms with E-state index in [1.54, 1.807) is 0 Å². The molecule has 2 saturated carbocycles. The second kappa shape index (κ2) is 20.0. The van der Waals surface area contributed by atoms with E-state index in [0.29, 0.717) is 0 Å². The standard InChI is InChI=1S/C49H66N2O2/c1-2-3-4-5-6-7-8-9-10-11-12-13-38-14-16-39(17-15-38)40-34-36-49(37-35-40,41-18-26-45(27-19-41)52-47-30-22-43(50)23-31-47)42-20-28-46(29-21-42)53-48-32-24-44(51)25-33-48/h18-33,38-40H,2-17,34-37,50-51H2,1H3. The highest BCUT2D eigenvalue weighted by Crippen LogP contribution is 2.51. The fraction of sp³-hybridized carbons (Fsp3) is 0.510. The molecule has 284 valence electrons. The predicted molar refractivity (Wildman–Crippen MR) is 224 cm³/mol. The monoisotopic (exact) mass is 715 g/mol. The minimum atomic E-state index is -0.0256. The fourth-order valence-corrected chi connectivity index (χ4v) is 9.42. The Balaban J connectivity index is 1.02. The van der Waals surface area contributed by atoms with E-state index in [2.05, 4.69) is 55.5 Å². The van der Waals surface area contributed by atoms with Crippen LogP contribution in [0.5, 0.6) is 23.0 Å². The van der Waals surface area contributed by atoms with Crippen molar-refractivity contribution in [3.63, 3.8) is 0 Å². The summed E-state index contributed by atoms with van der Waals surface area (Å²) >= 11 is 0. The molecule has 2 aliphatic carbocycles. The van der Waals surface area contributed by atoms with E-state index in [1.807, 2.05) is 48.5 Å². The van der Waals surface area contributed by atoms with Crippen LogP contribution in [0, 0.1) is 17.8 Å². The lowest BCUT2D eigenvalue weighted by molar-refractivity contribution is 0.140. The van der Waals surface area contributed by atoms with Gasteiger partial charge in [-0.25, -0.2) is 0 Å². The number of hydrogen-bond donors (Lipinski definition) is 2. The first kappa shape index (κ1) is 38.8. The van der Waals surface area contributed by atoms with E-state index >= 15 is 0 Å². The van der Waals surface area contributed by atoms with Crippen LogP contribution in [-0.4, -0.2) is 0 Å². The van der Waals surface area contributed by atoms with Crippen LogP contribution >= 0.6 is 0 Å². The molecule has 4 aromatic rings. The first-order chi connectivity index (χ1) is 26.0. The maximum absolute atomic E-state index is 6.18. The fourth-order valence-electron chi connectivity index (χ4n) is 9.42. The van der Waals surface area contributed by atoms with Crippen molar-refractivity contribution in [1.82, 2.24) is 0 Å². The molecular weight excluding hydrogens is 649 g/mol. The van der Waals surface area contributed by atoms with Gasteiger partial charge in [0.25, 0.3) is 0 Å². The zero-order valence-corrected chi connectivity index (χ0v) is 32.6. The second-order valence-corrected chi connectivity index (χ2v) is 16.4. The van der Waals surface area contributed by atoms with Gasteiger partial charge in [0.2, 0.25) is 0 Å². The summed E-state index contributed by atoms with van der Waals surface area (Å²) < 4.78 is 12.4. The molecule has 0 bridgehead atoms. The number of anilines is 2. The van der Waals surface area contributed by atoms with Gasteiger partial charge in [-0.15, -0.1) is 0 Å². The summed E-state index contributed by atoms with van der Waals surface area (Å²) in [6.07, 6.45) is 28.0. The van der Waals surface area contributed by atoms with Crippen molar-refractivity contribution in [2.45, 2.75) is 141 Å². The molecule has 4 aromatic carbocycles. The highest BCUT2D eigenvalue weighted by molar-refractivity contribution is 5.47. The topological polar surface area (TPSA) is 70.5 Å². The van der Waals surface area contributed by atoms with Gasteiger partial charge >= 0.3 is 0 Å². The Kier molecular flexibility index (Phi) is 14.6. The Morgan fingerprint density at radius 1 is 0.453 bits per heavy atom. The third-order valence-electron chi connectivity index (χ3n) is 12.7. The molecule has 0 amide bonds. The molecule has 2 fully saturated rings. The molecule has 0 radical (unpaired) electrons. The van der Waals surface area contributed by atoms with E-state index in [0.717, 1.165) is 52.1 Å². The maximum Gasteiger partial charge on any atom is 0.127 e. The zero-order chi connectivity index (χ0) is 36.7. The predicted octanol–water partition coefficient (Wildman–Crippen LogP) is 14.4. The van der Waals surface area contributed by atoms with Crippen molar-refractivity contribution in [2.75, 3.05) is 11.5 Å². The summed E-state index contributed by atoms with van der Waals surface area (Å²) in [5, 5.41) is 0. The number of ether oxygens (including phenoxy) is 2. The van der Waals surface area contributed by atoms with E-state index in [-0.39, 0.29) is 5.41 Å². The molecule has 6 rings (SSSR count). The number of benzene rings is 4. The van der Waals surface area contributed by atoms with Crippen molar-refractivity contribution in [1.29, 1.82) is 0 Å². The van der Waals surface area contributed by atoms with E-state index in [9.17, 15) is 0 Å². The summed E-state index contributed by atoms with van der Waals surface area (Å²) in [5.74, 6) is 5.99.